The van der Waals surface area contributed by atoms with Crippen LogP contribution < -0.4 is 5.73 Å². The highest BCUT2D eigenvalue weighted by molar-refractivity contribution is 5.77. The topological polar surface area (TPSA) is 55.6 Å². The molecule has 96 valence electrons. The number of amides is 1. The van der Waals surface area contributed by atoms with E-state index < -0.39 is 24.8 Å². The third kappa shape index (κ3) is 5.92. The molecule has 0 aliphatic rings. The molecule has 0 aromatic carbocycles. The van der Waals surface area contributed by atoms with Crippen molar-refractivity contribution in [2.24, 2.45) is 5.73 Å². The van der Waals surface area contributed by atoms with E-state index in [9.17, 15) is 18.0 Å². The lowest BCUT2D eigenvalue weighted by molar-refractivity contribution is -0.214. The van der Waals surface area contributed by atoms with E-state index in [0.717, 1.165) is 6.92 Å². The molecular weight excluding hydrogens is 225 g/mol. The van der Waals surface area contributed by atoms with Gasteiger partial charge in [0, 0.05) is 13.6 Å². The Labute approximate surface area is 92.5 Å². The molecule has 7 heteroatoms. The van der Waals surface area contributed by atoms with E-state index in [1.165, 1.54) is 11.9 Å². The van der Waals surface area contributed by atoms with Crippen molar-refractivity contribution in [2.45, 2.75) is 25.6 Å². The zero-order valence-corrected chi connectivity index (χ0v) is 9.38. The molecule has 0 aliphatic carbocycles. The minimum absolute atomic E-state index is 0.416. The molecule has 0 aromatic rings. The van der Waals surface area contributed by atoms with Crippen LogP contribution in [-0.2, 0) is 9.53 Å². The van der Waals surface area contributed by atoms with Crippen LogP contribution in [0, 0.1) is 0 Å². The van der Waals surface area contributed by atoms with Gasteiger partial charge in [-0.25, -0.2) is 0 Å². The monoisotopic (exact) mass is 242 g/mol. The van der Waals surface area contributed by atoms with Gasteiger partial charge in [-0.05, 0) is 19.9 Å². The van der Waals surface area contributed by atoms with E-state index in [1.807, 2.05) is 0 Å². The van der Waals surface area contributed by atoms with Gasteiger partial charge in [0.1, 0.15) is 6.61 Å². The number of hydrogen-bond acceptors (Lipinski definition) is 3. The summed E-state index contributed by atoms with van der Waals surface area (Å²) in [6, 6.07) is 0. The molecule has 0 fully saturated rings. The first-order valence-corrected chi connectivity index (χ1v) is 4.91. The van der Waals surface area contributed by atoms with Gasteiger partial charge in [0.15, 0.2) is 6.10 Å². The van der Waals surface area contributed by atoms with Gasteiger partial charge in [0.05, 0.1) is 0 Å². The van der Waals surface area contributed by atoms with Crippen molar-refractivity contribution in [3.63, 3.8) is 0 Å². The molecule has 0 saturated carbocycles. The Hall–Kier alpha value is -0.820. The fourth-order valence-electron chi connectivity index (χ4n) is 0.854. The van der Waals surface area contributed by atoms with Crippen LogP contribution in [0.3, 0.4) is 0 Å². The van der Waals surface area contributed by atoms with Crippen LogP contribution in [-0.4, -0.2) is 49.8 Å². The van der Waals surface area contributed by atoms with Crippen LogP contribution in [0.1, 0.15) is 13.3 Å². The van der Waals surface area contributed by atoms with Gasteiger partial charge in [-0.1, -0.05) is 0 Å². The molecule has 0 saturated heterocycles. The molecule has 0 spiro atoms. The molecule has 16 heavy (non-hydrogen) atoms. The zero-order valence-electron chi connectivity index (χ0n) is 9.38. The maximum Gasteiger partial charge on any atom is 0.414 e. The van der Waals surface area contributed by atoms with E-state index >= 15 is 0 Å². The SMILES string of the molecule is CC(OCC(=O)N(C)CCCN)C(F)(F)F. The Kier molecular flexibility index (Phi) is 6.35. The molecule has 4 nitrogen and oxygen atoms in total. The number of carbonyl (C=O) groups excluding carboxylic acids is 1. The Bertz CT molecular complexity index is 221. The van der Waals surface area contributed by atoms with Crippen molar-refractivity contribution >= 4 is 5.91 Å². The second-order valence-electron chi connectivity index (χ2n) is 3.45. The highest BCUT2D eigenvalue weighted by atomic mass is 19.4. The Morgan fingerprint density at radius 2 is 2.06 bits per heavy atom. The summed E-state index contributed by atoms with van der Waals surface area (Å²) in [5, 5.41) is 0. The summed E-state index contributed by atoms with van der Waals surface area (Å²) < 4.78 is 40.5. The minimum Gasteiger partial charge on any atom is -0.359 e. The third-order valence-electron chi connectivity index (χ3n) is 2.04. The molecule has 1 amide bonds. The van der Waals surface area contributed by atoms with Gasteiger partial charge in [0.25, 0.3) is 0 Å². The van der Waals surface area contributed by atoms with Crippen molar-refractivity contribution in [1.29, 1.82) is 0 Å². The third-order valence-corrected chi connectivity index (χ3v) is 2.04. The molecule has 0 rings (SSSR count). The van der Waals surface area contributed by atoms with Gasteiger partial charge in [-0.3, -0.25) is 4.79 Å². The number of carbonyl (C=O) groups is 1. The summed E-state index contributed by atoms with van der Waals surface area (Å²) in [6.07, 6.45) is -5.76. The smallest absolute Gasteiger partial charge is 0.359 e. The van der Waals surface area contributed by atoms with E-state index in [2.05, 4.69) is 4.74 Å². The molecule has 0 aliphatic heterocycles. The van der Waals surface area contributed by atoms with Crippen LogP contribution in [0.2, 0.25) is 0 Å². The summed E-state index contributed by atoms with van der Waals surface area (Å²) in [5.41, 5.74) is 5.24. The van der Waals surface area contributed by atoms with Gasteiger partial charge >= 0.3 is 6.18 Å². The molecule has 0 aromatic heterocycles. The van der Waals surface area contributed by atoms with Gasteiger partial charge < -0.3 is 15.4 Å². The Morgan fingerprint density at radius 1 is 1.50 bits per heavy atom. The van der Waals surface area contributed by atoms with Crippen LogP contribution in [0.5, 0.6) is 0 Å². The van der Waals surface area contributed by atoms with Crippen LogP contribution in [0.4, 0.5) is 13.2 Å². The fraction of sp³-hybridized carbons (Fsp3) is 0.889. The first-order chi connectivity index (χ1) is 7.29. The summed E-state index contributed by atoms with van der Waals surface area (Å²) in [5.74, 6) is -0.482. The number of hydrogen-bond donors (Lipinski definition) is 1. The Morgan fingerprint density at radius 3 is 2.50 bits per heavy atom. The van der Waals surface area contributed by atoms with E-state index in [4.69, 9.17) is 5.73 Å². The number of ether oxygens (including phenoxy) is 1. The molecule has 1 unspecified atom stereocenters. The normalized spacial score (nSPS) is 13.6. The first kappa shape index (κ1) is 15.2. The van der Waals surface area contributed by atoms with E-state index in [1.54, 1.807) is 0 Å². The second-order valence-corrected chi connectivity index (χ2v) is 3.45. The van der Waals surface area contributed by atoms with Gasteiger partial charge in [-0.15, -0.1) is 0 Å². The Balaban J connectivity index is 3.89. The standard InChI is InChI=1S/C9H17F3N2O2/c1-7(9(10,11)12)16-6-8(15)14(2)5-3-4-13/h7H,3-6,13H2,1-2H3. The molecule has 0 bridgehead atoms. The molecule has 0 radical (unpaired) electrons. The van der Waals surface area contributed by atoms with Crippen molar-refractivity contribution in [3.05, 3.63) is 0 Å². The van der Waals surface area contributed by atoms with Crippen LogP contribution >= 0.6 is 0 Å². The average Bonchev–Trinajstić information content (AvgIpc) is 2.20. The quantitative estimate of drug-likeness (QED) is 0.748. The molecule has 0 heterocycles. The highest BCUT2D eigenvalue weighted by Crippen LogP contribution is 2.22. The van der Waals surface area contributed by atoms with Crippen LogP contribution in [0.15, 0.2) is 0 Å². The molecular formula is C9H17F3N2O2. The summed E-state index contributed by atoms with van der Waals surface area (Å²) in [4.78, 5) is 12.6. The largest absolute Gasteiger partial charge is 0.414 e. The van der Waals surface area contributed by atoms with Gasteiger partial charge in [0.2, 0.25) is 5.91 Å². The summed E-state index contributed by atoms with van der Waals surface area (Å²) in [6.45, 7) is 1.14. The van der Waals surface area contributed by atoms with Crippen molar-refractivity contribution in [1.82, 2.24) is 4.90 Å². The number of likely N-dealkylation sites (N-methyl/N-ethyl adjacent to an activating group) is 1. The predicted molar refractivity (Wildman–Crippen MR) is 52.8 cm³/mol. The van der Waals surface area contributed by atoms with E-state index in [-0.39, 0.29) is 0 Å². The van der Waals surface area contributed by atoms with E-state index in [0.29, 0.717) is 19.5 Å². The van der Waals surface area contributed by atoms with Crippen molar-refractivity contribution < 1.29 is 22.7 Å². The summed E-state index contributed by atoms with van der Waals surface area (Å²) >= 11 is 0. The zero-order chi connectivity index (χ0) is 12.8. The van der Waals surface area contributed by atoms with Crippen molar-refractivity contribution in [3.8, 4) is 0 Å². The number of nitrogens with two attached hydrogens (primary N) is 1. The lowest BCUT2D eigenvalue weighted by atomic mass is 10.4. The van der Waals surface area contributed by atoms with Crippen LogP contribution in [0.25, 0.3) is 0 Å². The predicted octanol–water partition coefficient (Wildman–Crippen LogP) is 0.761. The maximum atomic E-state index is 12.0. The number of rotatable bonds is 6. The molecule has 1 atom stereocenters. The highest BCUT2D eigenvalue weighted by Gasteiger charge is 2.37. The number of alkyl halides is 3. The minimum atomic E-state index is -4.43. The van der Waals surface area contributed by atoms with Gasteiger partial charge in [-0.2, -0.15) is 13.2 Å². The van der Waals surface area contributed by atoms with Crippen molar-refractivity contribution in [2.75, 3.05) is 26.7 Å². The number of halogens is 3. The number of nitrogens with zero attached hydrogens (tertiary/aromatic N) is 1. The fourth-order valence-corrected chi connectivity index (χ4v) is 0.854. The molecule has 2 N–H and O–H groups in total. The maximum absolute atomic E-state index is 12.0. The lowest BCUT2D eigenvalue weighted by Crippen LogP contribution is -2.36. The second kappa shape index (κ2) is 6.70. The summed E-state index contributed by atoms with van der Waals surface area (Å²) in [7, 11) is 1.50. The lowest BCUT2D eigenvalue weighted by Gasteiger charge is -2.20. The average molecular weight is 242 g/mol. The first-order valence-electron chi connectivity index (χ1n) is 4.91.